The molecular weight excluding hydrogens is 338 g/mol. The number of aromatic nitrogens is 1. The number of halogens is 2. The van der Waals surface area contributed by atoms with Crippen LogP contribution in [0.25, 0.3) is 10.9 Å². The van der Waals surface area contributed by atoms with Crippen molar-refractivity contribution in [3.05, 3.63) is 63.7 Å². The zero-order chi connectivity index (χ0) is 14.1. The predicted molar refractivity (Wildman–Crippen MR) is 86.7 cm³/mol. The van der Waals surface area contributed by atoms with E-state index >= 15 is 0 Å². The molecule has 3 rings (SSSR count). The van der Waals surface area contributed by atoms with E-state index in [0.717, 1.165) is 38.3 Å². The zero-order valence-electron chi connectivity index (χ0n) is 10.9. The Hall–Kier alpha value is -1.45. The van der Waals surface area contributed by atoms with Gasteiger partial charge in [-0.2, -0.15) is 0 Å². The van der Waals surface area contributed by atoms with Crippen molar-refractivity contribution in [3.8, 4) is 5.75 Å². The zero-order valence-corrected chi connectivity index (χ0v) is 13.3. The van der Waals surface area contributed by atoms with Crippen molar-refractivity contribution in [3.63, 3.8) is 0 Å². The Kier molecular flexibility index (Phi) is 3.72. The maximum absolute atomic E-state index is 6.31. The first-order valence-corrected chi connectivity index (χ1v) is 7.42. The van der Waals surface area contributed by atoms with E-state index in [1.807, 2.05) is 24.3 Å². The molecule has 0 saturated heterocycles. The third-order valence-electron chi connectivity index (χ3n) is 3.32. The topological polar surface area (TPSA) is 14.2 Å². The molecule has 1 aromatic heterocycles. The van der Waals surface area contributed by atoms with Gasteiger partial charge in [0.15, 0.2) is 0 Å². The first kappa shape index (κ1) is 13.5. The van der Waals surface area contributed by atoms with Crippen LogP contribution in [-0.2, 0) is 6.54 Å². The molecule has 0 saturated carbocycles. The number of hydrogen-bond acceptors (Lipinski definition) is 1. The molecule has 0 fully saturated rings. The second-order valence-electron chi connectivity index (χ2n) is 4.58. The van der Waals surface area contributed by atoms with Crippen molar-refractivity contribution < 1.29 is 4.74 Å². The highest BCUT2D eigenvalue weighted by Gasteiger charge is 2.09. The molecule has 0 bridgehead atoms. The molecule has 4 heteroatoms. The fraction of sp³-hybridized carbons (Fsp3) is 0.125. The Morgan fingerprint density at radius 3 is 2.85 bits per heavy atom. The van der Waals surface area contributed by atoms with Gasteiger partial charge in [0.05, 0.1) is 24.2 Å². The summed E-state index contributed by atoms with van der Waals surface area (Å²) in [5, 5.41) is 1.91. The maximum atomic E-state index is 6.31. The number of para-hydroxylation sites is 1. The Bertz CT molecular complexity index is 766. The van der Waals surface area contributed by atoms with E-state index < -0.39 is 0 Å². The molecule has 0 atom stereocenters. The van der Waals surface area contributed by atoms with Crippen LogP contribution in [0.5, 0.6) is 5.75 Å². The van der Waals surface area contributed by atoms with Crippen LogP contribution in [0.4, 0.5) is 0 Å². The lowest BCUT2D eigenvalue weighted by molar-refractivity contribution is 0.408. The number of hydrogen-bond donors (Lipinski definition) is 0. The second-order valence-corrected chi connectivity index (χ2v) is 5.90. The molecule has 2 aromatic carbocycles. The Morgan fingerprint density at radius 1 is 1.20 bits per heavy atom. The van der Waals surface area contributed by atoms with Gasteiger partial charge in [0.1, 0.15) is 5.75 Å². The van der Waals surface area contributed by atoms with E-state index in [4.69, 9.17) is 16.3 Å². The summed E-state index contributed by atoms with van der Waals surface area (Å²) in [5.41, 5.74) is 2.16. The highest BCUT2D eigenvalue weighted by atomic mass is 79.9. The van der Waals surface area contributed by atoms with Crippen molar-refractivity contribution in [2.45, 2.75) is 6.54 Å². The van der Waals surface area contributed by atoms with Gasteiger partial charge < -0.3 is 9.30 Å². The van der Waals surface area contributed by atoms with Crippen LogP contribution in [0.3, 0.4) is 0 Å². The fourth-order valence-corrected chi connectivity index (χ4v) is 3.10. The van der Waals surface area contributed by atoms with Gasteiger partial charge in [0, 0.05) is 21.6 Å². The Morgan fingerprint density at radius 2 is 2.05 bits per heavy atom. The number of rotatable bonds is 3. The number of ether oxygens (including phenoxy) is 1. The Labute approximate surface area is 131 Å². The molecule has 20 heavy (non-hydrogen) atoms. The molecule has 0 aliphatic carbocycles. The first-order valence-electron chi connectivity index (χ1n) is 6.25. The quantitative estimate of drug-likeness (QED) is 0.640. The van der Waals surface area contributed by atoms with Crippen molar-refractivity contribution in [1.82, 2.24) is 4.57 Å². The van der Waals surface area contributed by atoms with Gasteiger partial charge in [-0.05, 0) is 30.3 Å². The lowest BCUT2D eigenvalue weighted by Crippen LogP contribution is -2.01. The summed E-state index contributed by atoms with van der Waals surface area (Å²) in [6, 6.07) is 14.0. The highest BCUT2D eigenvalue weighted by Crippen LogP contribution is 2.28. The third-order valence-corrected chi connectivity index (χ3v) is 4.12. The molecule has 2 nitrogen and oxygen atoms in total. The van der Waals surface area contributed by atoms with E-state index in [9.17, 15) is 0 Å². The summed E-state index contributed by atoms with van der Waals surface area (Å²) in [6.45, 7) is 0.718. The molecule has 0 aliphatic heterocycles. The lowest BCUT2D eigenvalue weighted by atomic mass is 10.2. The van der Waals surface area contributed by atoms with Crippen LogP contribution < -0.4 is 4.74 Å². The van der Waals surface area contributed by atoms with Crippen LogP contribution in [0.2, 0.25) is 5.02 Å². The van der Waals surface area contributed by atoms with Crippen LogP contribution in [0.1, 0.15) is 5.56 Å². The van der Waals surface area contributed by atoms with E-state index in [-0.39, 0.29) is 0 Å². The molecule has 0 amide bonds. The first-order chi connectivity index (χ1) is 9.69. The van der Waals surface area contributed by atoms with Gasteiger partial charge in [0.2, 0.25) is 0 Å². The van der Waals surface area contributed by atoms with Gasteiger partial charge in [-0.15, -0.1) is 0 Å². The van der Waals surface area contributed by atoms with Crippen molar-refractivity contribution in [2.24, 2.45) is 0 Å². The summed E-state index contributed by atoms with van der Waals surface area (Å²) in [7, 11) is 1.69. The molecule has 102 valence electrons. The van der Waals surface area contributed by atoms with Gasteiger partial charge in [-0.3, -0.25) is 0 Å². The molecule has 0 radical (unpaired) electrons. The van der Waals surface area contributed by atoms with Crippen molar-refractivity contribution in [1.29, 1.82) is 0 Å². The standard InChI is InChI=1S/C16H13BrClNO/c1-20-15-6-5-13(17)9-12(15)10-19-8-7-11-3-2-4-14(18)16(11)19/h2-9H,10H2,1H3. The normalized spacial score (nSPS) is 10.9. The average molecular weight is 351 g/mol. The number of nitrogens with zero attached hydrogens (tertiary/aromatic N) is 1. The van der Waals surface area contributed by atoms with Crippen molar-refractivity contribution in [2.75, 3.05) is 7.11 Å². The predicted octanol–water partition coefficient (Wildman–Crippen LogP) is 5.11. The summed E-state index contributed by atoms with van der Waals surface area (Å²) in [6.07, 6.45) is 2.05. The molecule has 0 unspecified atom stereocenters. The van der Waals surface area contributed by atoms with E-state index in [0.29, 0.717) is 0 Å². The maximum Gasteiger partial charge on any atom is 0.123 e. The molecule has 0 N–H and O–H groups in total. The van der Waals surface area contributed by atoms with Crippen LogP contribution in [0.15, 0.2) is 53.1 Å². The van der Waals surface area contributed by atoms with Crippen LogP contribution in [-0.4, -0.2) is 11.7 Å². The highest BCUT2D eigenvalue weighted by molar-refractivity contribution is 9.10. The monoisotopic (exact) mass is 349 g/mol. The van der Waals surface area contributed by atoms with Gasteiger partial charge >= 0.3 is 0 Å². The minimum absolute atomic E-state index is 0.718. The third kappa shape index (κ3) is 2.43. The Balaban J connectivity index is 2.08. The minimum Gasteiger partial charge on any atom is -0.496 e. The summed E-state index contributed by atoms with van der Waals surface area (Å²) < 4.78 is 8.60. The summed E-state index contributed by atoms with van der Waals surface area (Å²) in [5.74, 6) is 0.877. The fourth-order valence-electron chi connectivity index (χ4n) is 2.40. The van der Waals surface area contributed by atoms with Crippen LogP contribution >= 0.6 is 27.5 Å². The second kappa shape index (κ2) is 5.51. The van der Waals surface area contributed by atoms with Crippen molar-refractivity contribution >= 4 is 38.4 Å². The largest absolute Gasteiger partial charge is 0.496 e. The van der Waals surface area contributed by atoms with E-state index in [1.54, 1.807) is 7.11 Å². The lowest BCUT2D eigenvalue weighted by Gasteiger charge is -2.11. The van der Waals surface area contributed by atoms with Crippen LogP contribution in [0, 0.1) is 0 Å². The summed E-state index contributed by atoms with van der Waals surface area (Å²) in [4.78, 5) is 0. The van der Waals surface area contributed by atoms with Gasteiger partial charge in [-0.1, -0.05) is 39.7 Å². The molecular formula is C16H13BrClNO. The minimum atomic E-state index is 0.718. The molecule has 0 spiro atoms. The van der Waals surface area contributed by atoms with Gasteiger partial charge in [-0.25, -0.2) is 0 Å². The summed E-state index contributed by atoms with van der Waals surface area (Å²) >= 11 is 9.82. The molecule has 1 heterocycles. The van der Waals surface area contributed by atoms with E-state index in [2.05, 4.69) is 44.9 Å². The molecule has 3 aromatic rings. The number of methoxy groups -OCH3 is 1. The smallest absolute Gasteiger partial charge is 0.123 e. The molecule has 0 aliphatic rings. The van der Waals surface area contributed by atoms with Gasteiger partial charge in [0.25, 0.3) is 0 Å². The average Bonchev–Trinajstić information content (AvgIpc) is 2.84. The number of benzene rings is 2. The van der Waals surface area contributed by atoms with E-state index in [1.165, 1.54) is 0 Å². The SMILES string of the molecule is COc1ccc(Br)cc1Cn1ccc2cccc(Cl)c21. The number of fused-ring (bicyclic) bond motifs is 1.